The molecule has 0 amide bonds. The van der Waals surface area contributed by atoms with E-state index in [1.165, 1.54) is 19.3 Å². The minimum absolute atomic E-state index is 0.364. The van der Waals surface area contributed by atoms with Crippen LogP contribution in [0.3, 0.4) is 0 Å². The van der Waals surface area contributed by atoms with Crippen LogP contribution in [0.4, 0.5) is 0 Å². The average Bonchev–Trinajstić information content (AvgIpc) is 2.33. The summed E-state index contributed by atoms with van der Waals surface area (Å²) in [6, 6.07) is 0.630. The summed E-state index contributed by atoms with van der Waals surface area (Å²) in [7, 11) is 4.19. The van der Waals surface area contributed by atoms with Crippen molar-refractivity contribution in [1.82, 2.24) is 4.90 Å². The minimum atomic E-state index is 0.364. The molecule has 2 nitrogen and oxygen atoms in total. The van der Waals surface area contributed by atoms with Crippen molar-refractivity contribution in [2.45, 2.75) is 25.3 Å². The largest absolute Gasteiger partial charge is 0.396 e. The zero-order valence-electron chi connectivity index (χ0n) is 6.88. The highest BCUT2D eigenvalue weighted by Crippen LogP contribution is 2.27. The third-order valence-corrected chi connectivity index (χ3v) is 2.52. The first kappa shape index (κ1) is 8.02. The van der Waals surface area contributed by atoms with Gasteiger partial charge in [0.1, 0.15) is 0 Å². The molecule has 0 bridgehead atoms. The van der Waals surface area contributed by atoms with Crippen LogP contribution < -0.4 is 0 Å². The molecule has 0 spiro atoms. The Bertz CT molecular complexity index is 103. The van der Waals surface area contributed by atoms with Crippen LogP contribution in [0.5, 0.6) is 0 Å². The molecule has 0 aromatic heterocycles. The summed E-state index contributed by atoms with van der Waals surface area (Å²) in [5.41, 5.74) is 0. The second-order valence-corrected chi connectivity index (χ2v) is 3.40. The summed E-state index contributed by atoms with van der Waals surface area (Å²) in [5.74, 6) is 0.537. The lowest BCUT2D eigenvalue weighted by Crippen LogP contribution is -2.32. The number of aliphatic hydroxyl groups excluding tert-OH is 1. The average molecular weight is 143 g/mol. The number of aliphatic hydroxyl groups is 1. The Labute approximate surface area is 62.8 Å². The van der Waals surface area contributed by atoms with Crippen molar-refractivity contribution in [3.05, 3.63) is 0 Å². The van der Waals surface area contributed by atoms with E-state index in [0.29, 0.717) is 18.6 Å². The molecule has 1 rings (SSSR count). The van der Waals surface area contributed by atoms with Gasteiger partial charge in [-0.2, -0.15) is 0 Å². The fourth-order valence-corrected chi connectivity index (χ4v) is 1.91. The van der Waals surface area contributed by atoms with Crippen LogP contribution in [0.2, 0.25) is 0 Å². The molecule has 1 N–H and O–H groups in total. The Morgan fingerprint density at radius 2 is 2.10 bits per heavy atom. The van der Waals surface area contributed by atoms with Crippen LogP contribution in [0.1, 0.15) is 19.3 Å². The Balaban J connectivity index is 2.42. The van der Waals surface area contributed by atoms with Crippen molar-refractivity contribution in [2.75, 3.05) is 20.7 Å². The van der Waals surface area contributed by atoms with E-state index < -0.39 is 0 Å². The summed E-state index contributed by atoms with van der Waals surface area (Å²) in [6.07, 6.45) is 3.76. The smallest absolute Gasteiger partial charge is 0.0474 e. The molecule has 0 saturated heterocycles. The van der Waals surface area contributed by atoms with Crippen LogP contribution in [0.25, 0.3) is 0 Å². The van der Waals surface area contributed by atoms with E-state index in [4.69, 9.17) is 5.11 Å². The van der Waals surface area contributed by atoms with Crippen LogP contribution in [0, 0.1) is 5.92 Å². The highest BCUT2D eigenvalue weighted by atomic mass is 16.3. The quantitative estimate of drug-likeness (QED) is 0.615. The van der Waals surface area contributed by atoms with E-state index in [9.17, 15) is 0 Å². The molecule has 60 valence electrons. The molecule has 1 saturated carbocycles. The fourth-order valence-electron chi connectivity index (χ4n) is 1.91. The molecule has 1 aliphatic rings. The lowest BCUT2D eigenvalue weighted by molar-refractivity contribution is 0.156. The van der Waals surface area contributed by atoms with Gasteiger partial charge in [-0.25, -0.2) is 0 Å². The SMILES string of the molecule is CN(C)[C@@H]1CCC[C@H]1CO. The highest BCUT2D eigenvalue weighted by Gasteiger charge is 2.27. The molecule has 0 aromatic carbocycles. The second-order valence-electron chi connectivity index (χ2n) is 3.40. The summed E-state index contributed by atoms with van der Waals surface area (Å²) >= 11 is 0. The van der Waals surface area contributed by atoms with Gasteiger partial charge in [0.15, 0.2) is 0 Å². The first-order valence-electron chi connectivity index (χ1n) is 4.03. The van der Waals surface area contributed by atoms with E-state index >= 15 is 0 Å². The van der Waals surface area contributed by atoms with Crippen molar-refractivity contribution >= 4 is 0 Å². The van der Waals surface area contributed by atoms with Gasteiger partial charge in [-0.3, -0.25) is 0 Å². The molecule has 1 aliphatic carbocycles. The van der Waals surface area contributed by atoms with Crippen molar-refractivity contribution in [3.63, 3.8) is 0 Å². The molecule has 0 unspecified atom stereocenters. The molecule has 0 radical (unpaired) electrons. The van der Waals surface area contributed by atoms with E-state index in [1.54, 1.807) is 0 Å². The Morgan fingerprint density at radius 3 is 2.50 bits per heavy atom. The second kappa shape index (κ2) is 3.35. The maximum absolute atomic E-state index is 8.96. The third kappa shape index (κ3) is 1.50. The lowest BCUT2D eigenvalue weighted by atomic mass is 10.0. The van der Waals surface area contributed by atoms with Crippen LogP contribution >= 0.6 is 0 Å². The molecule has 10 heavy (non-hydrogen) atoms. The number of hydrogen-bond donors (Lipinski definition) is 1. The van der Waals surface area contributed by atoms with E-state index in [-0.39, 0.29) is 0 Å². The predicted molar refractivity (Wildman–Crippen MR) is 41.9 cm³/mol. The van der Waals surface area contributed by atoms with E-state index in [2.05, 4.69) is 19.0 Å². The lowest BCUT2D eigenvalue weighted by Gasteiger charge is -2.24. The molecule has 1 fully saturated rings. The van der Waals surface area contributed by atoms with Gasteiger partial charge in [-0.05, 0) is 32.9 Å². The number of hydrogen-bond acceptors (Lipinski definition) is 2. The summed E-state index contributed by atoms with van der Waals surface area (Å²) in [5, 5.41) is 8.96. The van der Waals surface area contributed by atoms with Gasteiger partial charge in [-0.1, -0.05) is 6.42 Å². The van der Waals surface area contributed by atoms with E-state index in [0.717, 1.165) is 0 Å². The highest BCUT2D eigenvalue weighted by molar-refractivity contribution is 4.81. The van der Waals surface area contributed by atoms with Crippen molar-refractivity contribution < 1.29 is 5.11 Å². The van der Waals surface area contributed by atoms with Crippen LogP contribution in [-0.2, 0) is 0 Å². The summed E-state index contributed by atoms with van der Waals surface area (Å²) < 4.78 is 0. The van der Waals surface area contributed by atoms with Gasteiger partial charge in [0.05, 0.1) is 0 Å². The Hall–Kier alpha value is -0.0800. The first-order valence-corrected chi connectivity index (χ1v) is 4.03. The van der Waals surface area contributed by atoms with Gasteiger partial charge in [0.2, 0.25) is 0 Å². The molecular weight excluding hydrogens is 126 g/mol. The van der Waals surface area contributed by atoms with Crippen LogP contribution in [0.15, 0.2) is 0 Å². The summed E-state index contributed by atoms with van der Waals surface area (Å²) in [4.78, 5) is 2.23. The molecule has 0 aromatic rings. The third-order valence-electron chi connectivity index (χ3n) is 2.52. The Kier molecular flexibility index (Phi) is 2.69. The number of rotatable bonds is 2. The van der Waals surface area contributed by atoms with Crippen LogP contribution in [-0.4, -0.2) is 36.8 Å². The van der Waals surface area contributed by atoms with Gasteiger partial charge in [0, 0.05) is 12.6 Å². The van der Waals surface area contributed by atoms with Crippen molar-refractivity contribution in [1.29, 1.82) is 0 Å². The monoisotopic (exact) mass is 143 g/mol. The van der Waals surface area contributed by atoms with Crippen molar-refractivity contribution in [2.24, 2.45) is 5.92 Å². The van der Waals surface area contributed by atoms with Gasteiger partial charge in [0.25, 0.3) is 0 Å². The zero-order chi connectivity index (χ0) is 7.56. The van der Waals surface area contributed by atoms with Gasteiger partial charge >= 0.3 is 0 Å². The molecule has 0 heterocycles. The van der Waals surface area contributed by atoms with Crippen molar-refractivity contribution in [3.8, 4) is 0 Å². The normalized spacial score (nSPS) is 33.6. The predicted octanol–water partition coefficient (Wildman–Crippen LogP) is 0.709. The molecular formula is C8H17NO. The standard InChI is InChI=1S/C8H17NO/c1-9(2)8-5-3-4-7(8)6-10/h7-8,10H,3-6H2,1-2H3/t7-,8+/m0/s1. The molecule has 2 atom stereocenters. The summed E-state index contributed by atoms with van der Waals surface area (Å²) in [6.45, 7) is 0.364. The maximum Gasteiger partial charge on any atom is 0.0474 e. The topological polar surface area (TPSA) is 23.5 Å². The molecule has 2 heteroatoms. The molecule has 0 aliphatic heterocycles. The zero-order valence-corrected chi connectivity index (χ0v) is 6.88. The van der Waals surface area contributed by atoms with Gasteiger partial charge < -0.3 is 10.0 Å². The maximum atomic E-state index is 8.96. The van der Waals surface area contributed by atoms with Gasteiger partial charge in [-0.15, -0.1) is 0 Å². The fraction of sp³-hybridized carbons (Fsp3) is 1.00. The Morgan fingerprint density at radius 1 is 1.40 bits per heavy atom. The van der Waals surface area contributed by atoms with E-state index in [1.807, 2.05) is 0 Å². The number of nitrogens with zero attached hydrogens (tertiary/aromatic N) is 1. The minimum Gasteiger partial charge on any atom is -0.396 e. The first-order chi connectivity index (χ1) is 4.75.